The summed E-state index contributed by atoms with van der Waals surface area (Å²) in [5.41, 5.74) is 1.07. The number of nitrogens with zero attached hydrogens (tertiary/aromatic N) is 1. The third-order valence-electron chi connectivity index (χ3n) is 7.59. The summed E-state index contributed by atoms with van der Waals surface area (Å²) in [7, 11) is 1.46. The summed E-state index contributed by atoms with van der Waals surface area (Å²) in [6, 6.07) is 2.92. The van der Waals surface area contributed by atoms with E-state index in [0.717, 1.165) is 0 Å². The molecule has 7 N–H and O–H groups in total. The van der Waals surface area contributed by atoms with E-state index in [2.05, 4.69) is 0 Å². The molecule has 1 amide bonds. The summed E-state index contributed by atoms with van der Waals surface area (Å²) in [4.78, 5) is 40.6. The Morgan fingerprint density at radius 2 is 1.84 bits per heavy atom. The Bertz CT molecular complexity index is 1290. The number of hydrogen-bond donors (Lipinski definition) is 6. The van der Waals surface area contributed by atoms with Crippen molar-refractivity contribution in [2.45, 2.75) is 37.0 Å². The van der Waals surface area contributed by atoms with E-state index in [9.17, 15) is 44.1 Å². The maximum Gasteiger partial charge on any atom is 0.255 e. The predicted molar refractivity (Wildman–Crippen MR) is 133 cm³/mol. The third-order valence-corrected chi connectivity index (χ3v) is 9.19. The zero-order valence-electron chi connectivity index (χ0n) is 20.5. The number of carbonyl (C=O) groups excluding carboxylic acids is 3. The van der Waals surface area contributed by atoms with Crippen molar-refractivity contribution in [3.63, 3.8) is 0 Å². The van der Waals surface area contributed by atoms with Crippen LogP contribution in [0, 0.1) is 11.8 Å². The highest BCUT2D eigenvalue weighted by Gasteiger charge is 2.68. The standard InChI is InChI=1S/C25H30N2O9S/c1-4-8-37(36)9-11-10-6-5-7-12(28)13(10)19(29)15-14(11)20(30)17-18(27(2)3)21(31)16(24(26)34)23(33)25(17,35)22(15)32/h5-7,11,14,17-18,20,28-30,33,35H,4,8-9H2,1-3H3,(H2,26,34)/t11-,14-,17-,18+,20+,25+,37?/m1/s1. The van der Waals surface area contributed by atoms with E-state index in [4.69, 9.17) is 5.73 Å². The Labute approximate surface area is 215 Å². The minimum Gasteiger partial charge on any atom is -0.508 e. The Kier molecular flexibility index (Phi) is 6.82. The van der Waals surface area contributed by atoms with Gasteiger partial charge in [-0.25, -0.2) is 0 Å². The second-order valence-corrected chi connectivity index (χ2v) is 11.5. The van der Waals surface area contributed by atoms with Gasteiger partial charge in [-0.15, -0.1) is 0 Å². The van der Waals surface area contributed by atoms with E-state index in [1.807, 2.05) is 6.92 Å². The molecule has 37 heavy (non-hydrogen) atoms. The van der Waals surface area contributed by atoms with Crippen LogP contribution in [0.5, 0.6) is 5.75 Å². The van der Waals surface area contributed by atoms with Gasteiger partial charge in [0.25, 0.3) is 5.91 Å². The van der Waals surface area contributed by atoms with E-state index in [-0.39, 0.29) is 17.1 Å². The number of phenols is 1. The van der Waals surface area contributed by atoms with Gasteiger partial charge < -0.3 is 31.3 Å². The fraction of sp³-hybridized carbons (Fsp3) is 0.480. The van der Waals surface area contributed by atoms with Gasteiger partial charge in [0.2, 0.25) is 5.78 Å². The number of primary amides is 1. The molecule has 1 aromatic rings. The van der Waals surface area contributed by atoms with E-state index in [1.54, 1.807) is 6.07 Å². The van der Waals surface area contributed by atoms with Gasteiger partial charge in [-0.05, 0) is 32.1 Å². The number of amides is 1. The number of carbonyl (C=O) groups is 3. The smallest absolute Gasteiger partial charge is 0.255 e. The first kappa shape index (κ1) is 27.0. The van der Waals surface area contributed by atoms with Crippen LogP contribution < -0.4 is 5.73 Å². The third kappa shape index (κ3) is 3.73. The zero-order valence-corrected chi connectivity index (χ0v) is 21.4. The molecule has 0 saturated heterocycles. The van der Waals surface area contributed by atoms with Gasteiger partial charge in [-0.3, -0.25) is 23.5 Å². The van der Waals surface area contributed by atoms with Crippen molar-refractivity contribution < 1.29 is 44.1 Å². The first-order valence-corrected chi connectivity index (χ1v) is 13.3. The Balaban J connectivity index is 2.04. The summed E-state index contributed by atoms with van der Waals surface area (Å²) >= 11 is 0. The maximum atomic E-state index is 14.0. The fourth-order valence-corrected chi connectivity index (χ4v) is 7.51. The van der Waals surface area contributed by atoms with Crippen LogP contribution in [0.15, 0.2) is 35.1 Å². The lowest BCUT2D eigenvalue weighted by molar-refractivity contribution is -0.169. The molecule has 0 spiro atoms. The summed E-state index contributed by atoms with van der Waals surface area (Å²) in [6.07, 6.45) is -1.13. The molecule has 3 aliphatic rings. The van der Waals surface area contributed by atoms with Crippen molar-refractivity contribution in [3.8, 4) is 5.75 Å². The molecule has 12 heteroatoms. The molecule has 3 aliphatic carbocycles. The number of aliphatic hydroxyl groups excluding tert-OH is 3. The molecule has 1 saturated carbocycles. The lowest BCUT2D eigenvalue weighted by Gasteiger charge is -2.54. The van der Waals surface area contributed by atoms with Crippen LogP contribution >= 0.6 is 0 Å². The van der Waals surface area contributed by atoms with Gasteiger partial charge in [0.05, 0.1) is 23.6 Å². The molecule has 11 nitrogen and oxygen atoms in total. The average molecular weight is 535 g/mol. The van der Waals surface area contributed by atoms with E-state index in [1.165, 1.54) is 31.1 Å². The number of likely N-dealkylation sites (N-methyl/N-ethyl adjacent to an activating group) is 1. The fourth-order valence-electron chi connectivity index (χ4n) is 6.10. The average Bonchev–Trinajstić information content (AvgIpc) is 2.80. The minimum absolute atomic E-state index is 0.0455. The van der Waals surface area contributed by atoms with Crippen molar-refractivity contribution in [1.82, 2.24) is 4.90 Å². The molecular weight excluding hydrogens is 504 g/mol. The highest BCUT2D eigenvalue weighted by molar-refractivity contribution is 7.85. The largest absolute Gasteiger partial charge is 0.508 e. The van der Waals surface area contributed by atoms with E-state index >= 15 is 0 Å². The van der Waals surface area contributed by atoms with Crippen LogP contribution in [-0.4, -0.2) is 95.5 Å². The van der Waals surface area contributed by atoms with Crippen LogP contribution in [-0.2, 0) is 25.2 Å². The normalized spacial score (nSPS) is 32.2. The quantitative estimate of drug-likeness (QED) is 0.262. The van der Waals surface area contributed by atoms with Gasteiger partial charge in [0, 0.05) is 39.7 Å². The molecule has 0 radical (unpaired) electrons. The Morgan fingerprint density at radius 1 is 1.19 bits per heavy atom. The highest BCUT2D eigenvalue weighted by Crippen LogP contribution is 2.56. The summed E-state index contributed by atoms with van der Waals surface area (Å²) < 4.78 is 12.9. The second kappa shape index (κ2) is 9.35. The monoisotopic (exact) mass is 534 g/mol. The van der Waals surface area contributed by atoms with Crippen LogP contribution in [0.25, 0.3) is 5.76 Å². The lowest BCUT2D eigenvalue weighted by Crippen LogP contribution is -2.70. The topological polar surface area (TPSA) is 199 Å². The molecule has 0 bridgehead atoms. The van der Waals surface area contributed by atoms with Gasteiger partial charge in [-0.1, -0.05) is 19.1 Å². The molecule has 0 aromatic heterocycles. The first-order chi connectivity index (χ1) is 17.3. The molecular formula is C25H30N2O9S. The Hall–Kier alpha value is -3.06. The number of fused-ring (bicyclic) bond motifs is 3. The summed E-state index contributed by atoms with van der Waals surface area (Å²) in [6.45, 7) is 1.84. The number of aromatic hydroxyl groups is 1. The lowest BCUT2D eigenvalue weighted by atomic mass is 9.54. The number of hydrogen-bond acceptors (Lipinski definition) is 10. The van der Waals surface area contributed by atoms with Crippen molar-refractivity contribution in [3.05, 3.63) is 46.2 Å². The number of benzene rings is 1. The molecule has 1 unspecified atom stereocenters. The Morgan fingerprint density at radius 3 is 2.41 bits per heavy atom. The van der Waals surface area contributed by atoms with Crippen LogP contribution in [0.4, 0.5) is 0 Å². The highest BCUT2D eigenvalue weighted by atomic mass is 32.2. The SMILES string of the molecule is CCCS(=O)C[C@@H]1c2cccc(O)c2C(O)=C2C(=O)[C@]3(O)C(O)=C(C(N)=O)C(=O)[C@@H](N(C)C)[C@@H]3[C@@H](O)[C@@H]21. The minimum atomic E-state index is -2.98. The molecule has 200 valence electrons. The summed E-state index contributed by atoms with van der Waals surface area (Å²) in [5.74, 6) is -9.49. The van der Waals surface area contributed by atoms with Gasteiger partial charge in [0.15, 0.2) is 11.4 Å². The molecule has 1 fully saturated rings. The molecule has 0 heterocycles. The van der Waals surface area contributed by atoms with E-state index in [0.29, 0.717) is 17.7 Å². The van der Waals surface area contributed by atoms with Crippen molar-refractivity contribution in [2.24, 2.45) is 17.6 Å². The predicted octanol–water partition coefficient (Wildman–Crippen LogP) is -0.365. The molecule has 7 atom stereocenters. The van der Waals surface area contributed by atoms with Crippen LogP contribution in [0.2, 0.25) is 0 Å². The van der Waals surface area contributed by atoms with Gasteiger partial charge >= 0.3 is 0 Å². The number of aliphatic hydroxyl groups is 4. The zero-order chi connectivity index (χ0) is 27.6. The summed E-state index contributed by atoms with van der Waals surface area (Å²) in [5, 5.41) is 56.1. The van der Waals surface area contributed by atoms with Crippen molar-refractivity contribution in [1.29, 1.82) is 0 Å². The number of rotatable bonds is 6. The number of Topliss-reactive ketones (excluding diaryl/α,β-unsaturated/α-hetero) is 2. The molecule has 0 aliphatic heterocycles. The molecule has 4 rings (SSSR count). The second-order valence-electron chi connectivity index (χ2n) is 9.92. The first-order valence-electron chi connectivity index (χ1n) is 11.8. The van der Waals surface area contributed by atoms with E-state index < -0.39 is 86.4 Å². The van der Waals surface area contributed by atoms with Crippen molar-refractivity contribution >= 4 is 34.0 Å². The molecule has 1 aromatic carbocycles. The van der Waals surface area contributed by atoms with Crippen LogP contribution in [0.3, 0.4) is 0 Å². The van der Waals surface area contributed by atoms with Crippen molar-refractivity contribution in [2.75, 3.05) is 25.6 Å². The number of ketones is 2. The maximum absolute atomic E-state index is 14.0. The number of nitrogens with two attached hydrogens (primary N) is 1. The number of phenolic OH excluding ortho intramolecular Hbond substituents is 1. The van der Waals surface area contributed by atoms with Gasteiger partial charge in [-0.2, -0.15) is 0 Å². The van der Waals surface area contributed by atoms with Crippen LogP contribution in [0.1, 0.15) is 30.4 Å². The van der Waals surface area contributed by atoms with Gasteiger partial charge in [0.1, 0.15) is 22.8 Å².